The topological polar surface area (TPSA) is 27.7 Å². The van der Waals surface area contributed by atoms with Crippen molar-refractivity contribution in [2.24, 2.45) is 0 Å². The molecule has 0 amide bonds. The van der Waals surface area contributed by atoms with Crippen LogP contribution in [0.1, 0.15) is 11.1 Å². The van der Waals surface area contributed by atoms with Crippen molar-refractivity contribution in [2.75, 3.05) is 21.3 Å². The fourth-order valence-corrected chi connectivity index (χ4v) is 2.67. The molecule has 0 bridgehead atoms. The minimum absolute atomic E-state index is 0.766. The van der Waals surface area contributed by atoms with E-state index in [1.54, 1.807) is 21.3 Å². The monoisotopic (exact) mass is 344 g/mol. The van der Waals surface area contributed by atoms with Crippen molar-refractivity contribution in [3.8, 4) is 40.2 Å². The summed E-state index contributed by atoms with van der Waals surface area (Å²) in [5.74, 6) is 8.86. The average molecular weight is 344 g/mol. The van der Waals surface area contributed by atoms with Crippen LogP contribution >= 0.6 is 0 Å². The fraction of sp³-hybridized carbons (Fsp3) is 0.130. The van der Waals surface area contributed by atoms with E-state index >= 15 is 0 Å². The van der Waals surface area contributed by atoms with Crippen molar-refractivity contribution >= 4 is 0 Å². The Morgan fingerprint density at radius 3 is 2.00 bits per heavy atom. The van der Waals surface area contributed by atoms with Crippen LogP contribution in [0.4, 0.5) is 0 Å². The predicted octanol–water partition coefficient (Wildman–Crippen LogP) is 4.78. The van der Waals surface area contributed by atoms with Gasteiger partial charge in [0.2, 0.25) is 0 Å². The molecule has 0 atom stereocenters. The number of hydrogen-bond acceptors (Lipinski definition) is 3. The first-order valence-corrected chi connectivity index (χ1v) is 8.22. The van der Waals surface area contributed by atoms with E-state index in [1.807, 2.05) is 66.7 Å². The van der Waals surface area contributed by atoms with Crippen molar-refractivity contribution in [1.82, 2.24) is 0 Å². The Labute approximate surface area is 154 Å². The van der Waals surface area contributed by atoms with Gasteiger partial charge in [0.1, 0.15) is 17.2 Å². The first kappa shape index (κ1) is 17.4. The largest absolute Gasteiger partial charge is 0.497 e. The van der Waals surface area contributed by atoms with Crippen molar-refractivity contribution in [3.63, 3.8) is 0 Å². The van der Waals surface area contributed by atoms with E-state index < -0.39 is 0 Å². The smallest absolute Gasteiger partial charge is 0.126 e. The van der Waals surface area contributed by atoms with E-state index in [1.165, 1.54) is 0 Å². The summed E-state index contributed by atoms with van der Waals surface area (Å²) in [4.78, 5) is 0. The lowest BCUT2D eigenvalue weighted by Crippen LogP contribution is -1.92. The maximum atomic E-state index is 5.51. The first-order valence-electron chi connectivity index (χ1n) is 8.22. The number of methoxy groups -OCH3 is 3. The summed E-state index contributed by atoms with van der Waals surface area (Å²) in [5, 5.41) is 0. The molecule has 130 valence electrons. The second-order valence-corrected chi connectivity index (χ2v) is 5.59. The molecule has 0 spiro atoms. The lowest BCUT2D eigenvalue weighted by Gasteiger charge is -2.11. The summed E-state index contributed by atoms with van der Waals surface area (Å²) in [7, 11) is 4.97. The van der Waals surface area contributed by atoms with E-state index in [2.05, 4.69) is 11.8 Å². The molecular formula is C23H20O3. The first-order chi connectivity index (χ1) is 12.7. The van der Waals surface area contributed by atoms with Gasteiger partial charge in [0.05, 0.1) is 21.3 Å². The Morgan fingerprint density at radius 2 is 1.31 bits per heavy atom. The van der Waals surface area contributed by atoms with E-state index in [0.717, 1.165) is 39.5 Å². The molecular weight excluding hydrogens is 324 g/mol. The zero-order valence-corrected chi connectivity index (χ0v) is 15.1. The summed E-state index contributed by atoms with van der Waals surface area (Å²) >= 11 is 0. The van der Waals surface area contributed by atoms with Crippen LogP contribution in [0.2, 0.25) is 0 Å². The molecule has 0 unspecified atom stereocenters. The van der Waals surface area contributed by atoms with Crippen molar-refractivity contribution < 1.29 is 14.2 Å². The molecule has 0 aliphatic rings. The van der Waals surface area contributed by atoms with E-state index in [-0.39, 0.29) is 0 Å². The van der Waals surface area contributed by atoms with E-state index in [0.29, 0.717) is 0 Å². The number of benzene rings is 3. The summed E-state index contributed by atoms with van der Waals surface area (Å²) < 4.78 is 16.1. The van der Waals surface area contributed by atoms with Crippen LogP contribution in [0.15, 0.2) is 66.7 Å². The van der Waals surface area contributed by atoms with E-state index in [4.69, 9.17) is 14.2 Å². The lowest BCUT2D eigenvalue weighted by atomic mass is 9.98. The Morgan fingerprint density at radius 1 is 0.615 bits per heavy atom. The van der Waals surface area contributed by atoms with Crippen molar-refractivity contribution in [2.45, 2.75) is 0 Å². The standard InChI is InChI=1S/C23H20O3/c1-24-19-12-9-17(10-13-19)8-11-18-16-20(25-2)14-15-21(18)22-6-4-5-7-23(22)26-3/h4-7,9-10,12-16H,1-3H3. The van der Waals surface area contributed by atoms with Crippen LogP contribution in [0.25, 0.3) is 11.1 Å². The van der Waals surface area contributed by atoms with Crippen LogP contribution in [0.3, 0.4) is 0 Å². The average Bonchev–Trinajstić information content (AvgIpc) is 2.72. The molecule has 3 aromatic carbocycles. The Balaban J connectivity index is 2.06. The van der Waals surface area contributed by atoms with Gasteiger partial charge in [0.15, 0.2) is 0 Å². The molecule has 0 saturated heterocycles. The molecule has 0 heterocycles. The molecule has 0 aromatic heterocycles. The third kappa shape index (κ3) is 3.81. The molecule has 0 aliphatic carbocycles. The molecule has 0 fully saturated rings. The lowest BCUT2D eigenvalue weighted by molar-refractivity contribution is 0.414. The van der Waals surface area contributed by atoms with Crippen LogP contribution in [0, 0.1) is 11.8 Å². The molecule has 3 aromatic rings. The third-order valence-electron chi connectivity index (χ3n) is 4.06. The highest BCUT2D eigenvalue weighted by Crippen LogP contribution is 2.33. The molecule has 3 rings (SSSR count). The summed E-state index contributed by atoms with van der Waals surface area (Å²) in [6, 6.07) is 21.5. The van der Waals surface area contributed by atoms with Gasteiger partial charge >= 0.3 is 0 Å². The van der Waals surface area contributed by atoms with Crippen LogP contribution in [-0.4, -0.2) is 21.3 Å². The molecule has 0 radical (unpaired) electrons. The van der Waals surface area contributed by atoms with Crippen molar-refractivity contribution in [3.05, 3.63) is 77.9 Å². The Hall–Kier alpha value is -3.38. The predicted molar refractivity (Wildman–Crippen MR) is 104 cm³/mol. The second-order valence-electron chi connectivity index (χ2n) is 5.59. The molecule has 0 saturated carbocycles. The van der Waals surface area contributed by atoms with Gasteiger partial charge in [-0.05, 0) is 48.5 Å². The molecule has 3 nitrogen and oxygen atoms in total. The van der Waals surface area contributed by atoms with Gasteiger partial charge in [-0.1, -0.05) is 30.0 Å². The number of rotatable bonds is 4. The maximum Gasteiger partial charge on any atom is 0.126 e. The molecule has 0 N–H and O–H groups in total. The van der Waals surface area contributed by atoms with Gasteiger partial charge in [-0.25, -0.2) is 0 Å². The summed E-state index contributed by atoms with van der Waals surface area (Å²) in [6.45, 7) is 0. The van der Waals surface area contributed by atoms with Gasteiger partial charge in [-0.2, -0.15) is 0 Å². The maximum absolute atomic E-state index is 5.51. The fourth-order valence-electron chi connectivity index (χ4n) is 2.67. The number of ether oxygens (including phenoxy) is 3. The van der Waals surface area contributed by atoms with Crippen LogP contribution in [-0.2, 0) is 0 Å². The second kappa shape index (κ2) is 8.13. The van der Waals surface area contributed by atoms with Crippen LogP contribution in [0.5, 0.6) is 17.2 Å². The highest BCUT2D eigenvalue weighted by atomic mass is 16.5. The van der Waals surface area contributed by atoms with Gasteiger partial charge < -0.3 is 14.2 Å². The quantitative estimate of drug-likeness (QED) is 0.638. The highest BCUT2D eigenvalue weighted by molar-refractivity contribution is 5.77. The summed E-state index contributed by atoms with van der Waals surface area (Å²) in [6.07, 6.45) is 0. The number of para-hydroxylation sites is 1. The minimum Gasteiger partial charge on any atom is -0.497 e. The highest BCUT2D eigenvalue weighted by Gasteiger charge is 2.10. The van der Waals surface area contributed by atoms with E-state index in [9.17, 15) is 0 Å². The van der Waals surface area contributed by atoms with Crippen molar-refractivity contribution in [1.29, 1.82) is 0 Å². The summed E-state index contributed by atoms with van der Waals surface area (Å²) in [5.41, 5.74) is 3.80. The third-order valence-corrected chi connectivity index (χ3v) is 4.06. The Bertz CT molecular complexity index is 947. The van der Waals surface area contributed by atoms with Gasteiger partial charge in [-0.15, -0.1) is 0 Å². The SMILES string of the molecule is COc1ccc(C#Cc2cc(OC)ccc2-c2ccccc2OC)cc1. The van der Waals surface area contributed by atoms with Crippen LogP contribution < -0.4 is 14.2 Å². The zero-order chi connectivity index (χ0) is 18.4. The van der Waals surface area contributed by atoms with Gasteiger partial charge in [0.25, 0.3) is 0 Å². The van der Waals surface area contributed by atoms with Gasteiger partial charge in [-0.3, -0.25) is 0 Å². The molecule has 3 heteroatoms. The normalized spacial score (nSPS) is 9.81. The van der Waals surface area contributed by atoms with Gasteiger partial charge in [0, 0.05) is 22.3 Å². The zero-order valence-electron chi connectivity index (χ0n) is 15.1. The molecule has 0 aliphatic heterocycles. The number of hydrogen-bond donors (Lipinski definition) is 0. The Kier molecular flexibility index (Phi) is 5.46. The molecule has 26 heavy (non-hydrogen) atoms. The minimum atomic E-state index is 0.766.